The highest BCUT2D eigenvalue weighted by atomic mass is 35.5. The molecule has 1 saturated carbocycles. The molecule has 0 aromatic carbocycles. The van der Waals surface area contributed by atoms with Gasteiger partial charge in [0.2, 0.25) is 5.91 Å². The van der Waals surface area contributed by atoms with Gasteiger partial charge in [-0.3, -0.25) is 4.79 Å². The summed E-state index contributed by atoms with van der Waals surface area (Å²) in [6.45, 7) is 0. The molecule has 0 spiro atoms. The molecular formula is C11H18ClNO3S. The van der Waals surface area contributed by atoms with Crippen molar-refractivity contribution < 1.29 is 13.2 Å². The Morgan fingerprint density at radius 3 is 2.47 bits per heavy atom. The minimum Gasteiger partial charge on any atom is -0.348 e. The van der Waals surface area contributed by atoms with Gasteiger partial charge in [0.25, 0.3) is 0 Å². The molecule has 1 atom stereocenters. The summed E-state index contributed by atoms with van der Waals surface area (Å²) in [7, 11) is -3.24. The third-order valence-corrected chi connectivity index (χ3v) is 6.51. The number of alkyl halides is 1. The fourth-order valence-corrected chi connectivity index (χ4v) is 4.62. The summed E-state index contributed by atoms with van der Waals surface area (Å²) >= 11 is 5.85. The molecule has 0 bridgehead atoms. The Labute approximate surface area is 107 Å². The van der Waals surface area contributed by atoms with E-state index in [0.29, 0.717) is 18.7 Å². The maximum Gasteiger partial charge on any atom is 0.238 e. The topological polar surface area (TPSA) is 63.2 Å². The van der Waals surface area contributed by atoms with Crippen LogP contribution in [0.3, 0.4) is 0 Å². The first-order valence-corrected chi connectivity index (χ1v) is 8.34. The van der Waals surface area contributed by atoms with Gasteiger partial charge in [-0.1, -0.05) is 6.42 Å². The molecule has 1 saturated heterocycles. The van der Waals surface area contributed by atoms with Crippen molar-refractivity contribution >= 4 is 27.3 Å². The second kappa shape index (κ2) is 4.76. The van der Waals surface area contributed by atoms with Crippen molar-refractivity contribution in [3.63, 3.8) is 0 Å². The number of carbonyl (C=O) groups excluding carboxylic acids is 1. The summed E-state index contributed by atoms with van der Waals surface area (Å²) < 4.78 is 23.6. The van der Waals surface area contributed by atoms with Crippen LogP contribution in [0.2, 0.25) is 0 Å². The molecule has 0 aromatic heterocycles. The Kier molecular flexibility index (Phi) is 3.69. The van der Waals surface area contributed by atoms with E-state index in [1.54, 1.807) is 0 Å². The van der Waals surface area contributed by atoms with Gasteiger partial charge in [0.05, 0.1) is 11.3 Å². The van der Waals surface area contributed by atoms with E-state index >= 15 is 0 Å². The van der Waals surface area contributed by atoms with Crippen LogP contribution in [0.1, 0.15) is 38.5 Å². The highest BCUT2D eigenvalue weighted by Gasteiger charge is 2.42. The average Bonchev–Trinajstić information content (AvgIpc) is 2.22. The maximum absolute atomic E-state index is 12.0. The fraction of sp³-hybridized carbons (Fsp3) is 0.909. The summed E-state index contributed by atoms with van der Waals surface area (Å²) in [5.41, 5.74) is -0.342. The number of amides is 1. The van der Waals surface area contributed by atoms with Gasteiger partial charge in [0.15, 0.2) is 9.84 Å². The number of hydrogen-bond donors (Lipinski definition) is 1. The van der Waals surface area contributed by atoms with Gasteiger partial charge in [0, 0.05) is 5.88 Å². The van der Waals surface area contributed by atoms with Gasteiger partial charge in [0.1, 0.15) is 5.25 Å². The van der Waals surface area contributed by atoms with Crippen molar-refractivity contribution in [2.24, 2.45) is 0 Å². The summed E-state index contributed by atoms with van der Waals surface area (Å²) in [5.74, 6) is 0.162. The van der Waals surface area contributed by atoms with E-state index in [0.717, 1.165) is 25.7 Å². The Morgan fingerprint density at radius 1 is 1.29 bits per heavy atom. The molecule has 1 heterocycles. The van der Waals surface area contributed by atoms with Gasteiger partial charge in [-0.25, -0.2) is 8.42 Å². The smallest absolute Gasteiger partial charge is 0.238 e. The first kappa shape index (κ1) is 13.1. The Balaban J connectivity index is 2.04. The molecule has 0 aromatic rings. The quantitative estimate of drug-likeness (QED) is 0.791. The monoisotopic (exact) mass is 279 g/mol. The number of halogens is 1. The van der Waals surface area contributed by atoms with Gasteiger partial charge < -0.3 is 5.32 Å². The number of carbonyl (C=O) groups is 1. The van der Waals surface area contributed by atoms with E-state index in [4.69, 9.17) is 11.6 Å². The standard InChI is InChI=1S/C11H18ClNO3S/c12-8-11(5-3-6-11)13-10(14)9-4-1-2-7-17(9,15)16/h9H,1-8H2,(H,13,14). The van der Waals surface area contributed by atoms with Gasteiger partial charge in [-0.15, -0.1) is 11.6 Å². The third-order valence-electron chi connectivity index (χ3n) is 3.83. The minimum absolute atomic E-state index is 0.138. The van der Waals surface area contributed by atoms with Crippen molar-refractivity contribution in [1.82, 2.24) is 5.32 Å². The molecule has 2 fully saturated rings. The molecule has 17 heavy (non-hydrogen) atoms. The van der Waals surface area contributed by atoms with Crippen molar-refractivity contribution in [2.75, 3.05) is 11.6 Å². The molecule has 4 nitrogen and oxygen atoms in total. The molecule has 1 unspecified atom stereocenters. The molecule has 1 amide bonds. The van der Waals surface area contributed by atoms with Crippen LogP contribution in [0.25, 0.3) is 0 Å². The molecule has 0 radical (unpaired) electrons. The Bertz CT molecular complexity index is 397. The van der Waals surface area contributed by atoms with Crippen LogP contribution in [0.5, 0.6) is 0 Å². The Morgan fingerprint density at radius 2 is 2.00 bits per heavy atom. The van der Waals surface area contributed by atoms with E-state index in [9.17, 15) is 13.2 Å². The van der Waals surface area contributed by atoms with E-state index in [2.05, 4.69) is 5.32 Å². The van der Waals surface area contributed by atoms with Crippen molar-refractivity contribution in [1.29, 1.82) is 0 Å². The molecule has 1 aliphatic heterocycles. The predicted molar refractivity (Wildman–Crippen MR) is 66.9 cm³/mol. The number of hydrogen-bond acceptors (Lipinski definition) is 3. The normalized spacial score (nSPS) is 30.3. The van der Waals surface area contributed by atoms with Crippen LogP contribution in [0.15, 0.2) is 0 Å². The first-order chi connectivity index (χ1) is 7.99. The maximum atomic E-state index is 12.0. The fourth-order valence-electron chi connectivity index (χ4n) is 2.49. The SMILES string of the molecule is O=C(NC1(CCl)CCC1)C1CCCCS1(=O)=O. The zero-order valence-corrected chi connectivity index (χ0v) is 11.3. The minimum atomic E-state index is -3.24. The van der Waals surface area contributed by atoms with Crippen LogP contribution < -0.4 is 5.32 Å². The van der Waals surface area contributed by atoms with E-state index < -0.39 is 15.1 Å². The lowest BCUT2D eigenvalue weighted by Crippen LogP contribution is -2.58. The van der Waals surface area contributed by atoms with Crippen molar-refractivity contribution in [3.8, 4) is 0 Å². The molecule has 1 N–H and O–H groups in total. The lowest BCUT2D eigenvalue weighted by Gasteiger charge is -2.42. The van der Waals surface area contributed by atoms with Gasteiger partial charge in [-0.05, 0) is 32.1 Å². The second-order valence-corrected chi connectivity index (χ2v) is 7.68. The molecule has 2 aliphatic rings. The highest BCUT2D eigenvalue weighted by molar-refractivity contribution is 7.92. The molecule has 6 heteroatoms. The summed E-state index contributed by atoms with van der Waals surface area (Å²) in [6.07, 6.45) is 4.69. The second-order valence-electron chi connectivity index (χ2n) is 5.11. The molecular weight excluding hydrogens is 262 g/mol. The van der Waals surface area contributed by atoms with E-state index in [-0.39, 0.29) is 17.2 Å². The lowest BCUT2D eigenvalue weighted by molar-refractivity contribution is -0.123. The van der Waals surface area contributed by atoms with Crippen LogP contribution >= 0.6 is 11.6 Å². The van der Waals surface area contributed by atoms with E-state index in [1.807, 2.05) is 0 Å². The average molecular weight is 280 g/mol. The molecule has 1 aliphatic carbocycles. The van der Waals surface area contributed by atoms with Crippen molar-refractivity contribution in [2.45, 2.75) is 49.3 Å². The van der Waals surface area contributed by atoms with E-state index in [1.165, 1.54) is 0 Å². The predicted octanol–water partition coefficient (Wildman–Crippen LogP) is 1.23. The number of nitrogens with one attached hydrogen (secondary N) is 1. The van der Waals surface area contributed by atoms with Gasteiger partial charge in [-0.2, -0.15) is 0 Å². The van der Waals surface area contributed by atoms with Crippen LogP contribution in [0.4, 0.5) is 0 Å². The molecule has 2 rings (SSSR count). The van der Waals surface area contributed by atoms with Crippen molar-refractivity contribution in [3.05, 3.63) is 0 Å². The zero-order valence-electron chi connectivity index (χ0n) is 9.75. The number of rotatable bonds is 3. The van der Waals surface area contributed by atoms with Gasteiger partial charge >= 0.3 is 0 Å². The largest absolute Gasteiger partial charge is 0.348 e. The number of sulfone groups is 1. The van der Waals surface area contributed by atoms with Crippen LogP contribution in [0, 0.1) is 0 Å². The third kappa shape index (κ3) is 2.60. The highest BCUT2D eigenvalue weighted by Crippen LogP contribution is 2.33. The summed E-state index contributed by atoms with van der Waals surface area (Å²) in [4.78, 5) is 12.0. The summed E-state index contributed by atoms with van der Waals surface area (Å²) in [6, 6.07) is 0. The lowest BCUT2D eigenvalue weighted by atomic mass is 9.78. The first-order valence-electron chi connectivity index (χ1n) is 6.09. The summed E-state index contributed by atoms with van der Waals surface area (Å²) in [5, 5.41) is 2.00. The Hall–Kier alpha value is -0.290. The van der Waals surface area contributed by atoms with Crippen LogP contribution in [-0.2, 0) is 14.6 Å². The van der Waals surface area contributed by atoms with Crippen LogP contribution in [-0.4, -0.2) is 36.7 Å². The zero-order chi connectivity index (χ0) is 12.5. The molecule has 98 valence electrons.